The minimum atomic E-state index is -0.348. The Morgan fingerprint density at radius 1 is 1.20 bits per heavy atom. The van der Waals surface area contributed by atoms with E-state index in [4.69, 9.17) is 27.9 Å². The number of benzene rings is 2. The summed E-state index contributed by atoms with van der Waals surface area (Å²) in [5.74, 6) is 0.572. The van der Waals surface area contributed by atoms with Crippen LogP contribution in [0.25, 0.3) is 11.4 Å². The number of hydrogen-bond donors (Lipinski definition) is 1. The molecule has 0 atom stereocenters. The summed E-state index contributed by atoms with van der Waals surface area (Å²) in [6, 6.07) is 10.2. The zero-order valence-electron chi connectivity index (χ0n) is 13.3. The van der Waals surface area contributed by atoms with Gasteiger partial charge in [0, 0.05) is 23.9 Å². The number of nitrogens with zero attached hydrogens (tertiary/aromatic N) is 4. The summed E-state index contributed by atoms with van der Waals surface area (Å²) in [6.07, 6.45) is 0. The Hall–Kier alpha value is -2.64. The van der Waals surface area contributed by atoms with Gasteiger partial charge in [-0.1, -0.05) is 35.3 Å². The van der Waals surface area contributed by atoms with E-state index in [0.29, 0.717) is 22.8 Å². The lowest BCUT2D eigenvalue weighted by Gasteiger charge is -2.10. The molecule has 25 heavy (non-hydrogen) atoms. The smallest absolute Gasteiger partial charge is 0.255 e. The fourth-order valence-corrected chi connectivity index (χ4v) is 2.94. The van der Waals surface area contributed by atoms with Crippen molar-refractivity contribution in [1.29, 1.82) is 0 Å². The van der Waals surface area contributed by atoms with Crippen LogP contribution in [0.2, 0.25) is 10.0 Å². The third kappa shape index (κ3) is 3.57. The van der Waals surface area contributed by atoms with E-state index in [-0.39, 0.29) is 16.0 Å². The molecular formula is C16H13Cl2N5O2. The van der Waals surface area contributed by atoms with E-state index in [9.17, 15) is 4.79 Å². The molecule has 0 bridgehead atoms. The summed E-state index contributed by atoms with van der Waals surface area (Å²) in [7, 11) is 3.20. The zero-order chi connectivity index (χ0) is 18.0. The highest BCUT2D eigenvalue weighted by Crippen LogP contribution is 2.34. The maximum absolute atomic E-state index is 12.5. The number of ether oxygens (including phenoxy) is 1. The Morgan fingerprint density at radius 2 is 1.92 bits per heavy atom. The van der Waals surface area contributed by atoms with Gasteiger partial charge >= 0.3 is 0 Å². The van der Waals surface area contributed by atoms with E-state index < -0.39 is 0 Å². The predicted octanol–water partition coefficient (Wildman–Crippen LogP) is 3.44. The maximum atomic E-state index is 12.5. The highest BCUT2D eigenvalue weighted by atomic mass is 35.5. The van der Waals surface area contributed by atoms with Gasteiger partial charge in [0.05, 0.1) is 17.2 Å². The fourth-order valence-electron chi connectivity index (χ4n) is 2.30. The highest BCUT2D eigenvalue weighted by molar-refractivity contribution is 6.37. The van der Waals surface area contributed by atoms with Gasteiger partial charge in [0.1, 0.15) is 0 Å². The second kappa shape index (κ2) is 7.08. The number of rotatable bonds is 4. The van der Waals surface area contributed by atoms with Crippen LogP contribution in [0.4, 0.5) is 5.69 Å². The van der Waals surface area contributed by atoms with Gasteiger partial charge in [0.15, 0.2) is 11.6 Å². The molecule has 0 saturated heterocycles. The molecule has 3 rings (SSSR count). The summed E-state index contributed by atoms with van der Waals surface area (Å²) in [5.41, 5.74) is 1.69. The van der Waals surface area contributed by atoms with Gasteiger partial charge in [-0.15, -0.1) is 5.10 Å². The molecule has 0 saturated carbocycles. The van der Waals surface area contributed by atoms with Gasteiger partial charge in [-0.05, 0) is 34.7 Å². The Labute approximate surface area is 153 Å². The van der Waals surface area contributed by atoms with Gasteiger partial charge in [-0.25, -0.2) is 4.68 Å². The minimum Gasteiger partial charge on any atom is -0.494 e. The molecule has 1 heterocycles. The normalized spacial score (nSPS) is 10.6. The van der Waals surface area contributed by atoms with Gasteiger partial charge in [0.25, 0.3) is 5.91 Å². The first-order chi connectivity index (χ1) is 12.0. The van der Waals surface area contributed by atoms with Crippen molar-refractivity contribution < 1.29 is 9.53 Å². The molecule has 0 aliphatic heterocycles. The Morgan fingerprint density at radius 3 is 2.52 bits per heavy atom. The first kappa shape index (κ1) is 17.2. The van der Waals surface area contributed by atoms with Crippen molar-refractivity contribution in [1.82, 2.24) is 20.2 Å². The van der Waals surface area contributed by atoms with Crippen molar-refractivity contribution in [3.8, 4) is 17.1 Å². The first-order valence-electron chi connectivity index (χ1n) is 7.16. The number of tetrazole rings is 1. The summed E-state index contributed by atoms with van der Waals surface area (Å²) in [6.45, 7) is 0. The molecule has 128 valence electrons. The Balaban J connectivity index is 1.86. The largest absolute Gasteiger partial charge is 0.494 e. The Bertz CT molecular complexity index is 919. The number of aromatic nitrogens is 4. The molecule has 0 spiro atoms. The molecule has 1 aromatic heterocycles. The number of carbonyl (C=O) groups is 1. The monoisotopic (exact) mass is 377 g/mol. The van der Waals surface area contributed by atoms with Crippen molar-refractivity contribution in [2.45, 2.75) is 0 Å². The molecule has 0 fully saturated rings. The van der Waals surface area contributed by atoms with Gasteiger partial charge in [-0.3, -0.25) is 4.79 Å². The van der Waals surface area contributed by atoms with E-state index in [2.05, 4.69) is 20.8 Å². The van der Waals surface area contributed by atoms with E-state index in [1.54, 1.807) is 29.9 Å². The highest BCUT2D eigenvalue weighted by Gasteiger charge is 2.14. The number of hydrogen-bond acceptors (Lipinski definition) is 5. The van der Waals surface area contributed by atoms with Crippen molar-refractivity contribution >= 4 is 34.8 Å². The summed E-state index contributed by atoms with van der Waals surface area (Å²) in [4.78, 5) is 12.5. The lowest BCUT2D eigenvalue weighted by molar-refractivity contribution is 0.102. The molecule has 0 aliphatic rings. The zero-order valence-corrected chi connectivity index (χ0v) is 14.8. The minimum absolute atomic E-state index is 0.263. The summed E-state index contributed by atoms with van der Waals surface area (Å²) >= 11 is 12.2. The standard InChI is InChI=1S/C16H13Cl2N5O2/c1-23-15(20-21-22-23)9-4-3-5-11(6-9)19-16(24)10-7-12(17)14(25-2)13(18)8-10/h3-8H,1-2H3,(H,19,24). The van der Waals surface area contributed by atoms with Crippen LogP contribution in [-0.4, -0.2) is 33.2 Å². The number of methoxy groups -OCH3 is 1. The fraction of sp³-hybridized carbons (Fsp3) is 0.125. The van der Waals surface area contributed by atoms with Crippen LogP contribution >= 0.6 is 23.2 Å². The SMILES string of the molecule is COc1c(Cl)cc(C(=O)Nc2cccc(-c3nnnn3C)c2)cc1Cl. The molecule has 0 radical (unpaired) electrons. The molecule has 1 amide bonds. The van der Waals surface area contributed by atoms with Crippen molar-refractivity contribution in [3.05, 3.63) is 52.0 Å². The van der Waals surface area contributed by atoms with E-state index in [1.165, 1.54) is 19.2 Å². The molecular weight excluding hydrogens is 365 g/mol. The number of halogens is 2. The van der Waals surface area contributed by atoms with Crippen molar-refractivity contribution in [2.75, 3.05) is 12.4 Å². The van der Waals surface area contributed by atoms with Crippen molar-refractivity contribution in [3.63, 3.8) is 0 Å². The number of anilines is 1. The van der Waals surface area contributed by atoms with Gasteiger partial charge in [0.2, 0.25) is 0 Å². The average Bonchev–Trinajstić information content (AvgIpc) is 3.01. The molecule has 0 unspecified atom stereocenters. The quantitative estimate of drug-likeness (QED) is 0.752. The predicted molar refractivity (Wildman–Crippen MR) is 95.2 cm³/mol. The lowest BCUT2D eigenvalue weighted by atomic mass is 10.1. The van der Waals surface area contributed by atoms with E-state index >= 15 is 0 Å². The van der Waals surface area contributed by atoms with Crippen LogP contribution in [-0.2, 0) is 7.05 Å². The molecule has 9 heteroatoms. The second-order valence-corrected chi connectivity index (χ2v) is 5.95. The van der Waals surface area contributed by atoms with E-state index in [0.717, 1.165) is 5.56 Å². The lowest BCUT2D eigenvalue weighted by Crippen LogP contribution is -2.12. The van der Waals surface area contributed by atoms with Crippen LogP contribution in [0.3, 0.4) is 0 Å². The molecule has 0 aliphatic carbocycles. The van der Waals surface area contributed by atoms with Crippen LogP contribution in [0.1, 0.15) is 10.4 Å². The summed E-state index contributed by atoms with van der Waals surface area (Å²) in [5, 5.41) is 14.7. The second-order valence-electron chi connectivity index (χ2n) is 5.13. The van der Waals surface area contributed by atoms with Gasteiger partial charge < -0.3 is 10.1 Å². The number of nitrogens with one attached hydrogen (secondary N) is 1. The summed E-state index contributed by atoms with van der Waals surface area (Å²) < 4.78 is 6.63. The Kier molecular flexibility index (Phi) is 4.87. The molecule has 3 aromatic rings. The third-order valence-electron chi connectivity index (χ3n) is 3.46. The van der Waals surface area contributed by atoms with Gasteiger partial charge in [-0.2, -0.15) is 0 Å². The topological polar surface area (TPSA) is 81.9 Å². The van der Waals surface area contributed by atoms with Crippen LogP contribution in [0, 0.1) is 0 Å². The maximum Gasteiger partial charge on any atom is 0.255 e. The number of amides is 1. The van der Waals surface area contributed by atoms with E-state index in [1.807, 2.05) is 6.07 Å². The third-order valence-corrected chi connectivity index (χ3v) is 4.02. The van der Waals surface area contributed by atoms with Crippen molar-refractivity contribution in [2.24, 2.45) is 7.05 Å². The van der Waals surface area contributed by atoms with Crippen LogP contribution in [0.15, 0.2) is 36.4 Å². The number of aryl methyl sites for hydroxylation is 1. The molecule has 7 nitrogen and oxygen atoms in total. The average molecular weight is 378 g/mol. The first-order valence-corrected chi connectivity index (χ1v) is 7.92. The van der Waals surface area contributed by atoms with Crippen LogP contribution in [0.5, 0.6) is 5.75 Å². The van der Waals surface area contributed by atoms with Crippen LogP contribution < -0.4 is 10.1 Å². The number of carbonyl (C=O) groups excluding carboxylic acids is 1. The molecule has 1 N–H and O–H groups in total. The molecule has 2 aromatic carbocycles.